The highest BCUT2D eigenvalue weighted by molar-refractivity contribution is 7.20. The van der Waals surface area contributed by atoms with Gasteiger partial charge >= 0.3 is 0 Å². The molecule has 3 aromatic heterocycles. The summed E-state index contributed by atoms with van der Waals surface area (Å²) < 4.78 is 1.92. The second-order valence-electron chi connectivity index (χ2n) is 3.41. The van der Waals surface area contributed by atoms with Crippen LogP contribution in [-0.2, 0) is 0 Å². The highest BCUT2D eigenvalue weighted by Crippen LogP contribution is 2.29. The molecule has 3 heterocycles. The molecule has 0 spiro atoms. The number of thiazole rings is 1. The van der Waals surface area contributed by atoms with Gasteiger partial charge < -0.3 is 0 Å². The summed E-state index contributed by atoms with van der Waals surface area (Å²) in [5.41, 5.74) is 2.36. The SMILES string of the molecule is Cc1cnn2cc(-c3cccnc3)sc12. The Hall–Kier alpha value is -1.68. The highest BCUT2D eigenvalue weighted by atomic mass is 32.1. The van der Waals surface area contributed by atoms with Crippen LogP contribution in [0.4, 0.5) is 0 Å². The van der Waals surface area contributed by atoms with Crippen LogP contribution in [-0.4, -0.2) is 14.6 Å². The number of fused-ring (bicyclic) bond motifs is 1. The fourth-order valence-corrected chi connectivity index (χ4v) is 2.55. The van der Waals surface area contributed by atoms with Gasteiger partial charge in [-0.3, -0.25) is 4.98 Å². The summed E-state index contributed by atoms with van der Waals surface area (Å²) in [7, 11) is 0. The maximum absolute atomic E-state index is 4.27. The molecule has 4 heteroatoms. The lowest BCUT2D eigenvalue weighted by Gasteiger charge is -1.92. The largest absolute Gasteiger partial charge is 0.264 e. The Morgan fingerprint density at radius 2 is 2.27 bits per heavy atom. The van der Waals surface area contributed by atoms with E-state index in [0.717, 1.165) is 5.56 Å². The number of rotatable bonds is 1. The van der Waals surface area contributed by atoms with Gasteiger partial charge in [-0.2, -0.15) is 5.10 Å². The van der Waals surface area contributed by atoms with Crippen molar-refractivity contribution in [2.75, 3.05) is 0 Å². The summed E-state index contributed by atoms with van der Waals surface area (Å²) >= 11 is 1.74. The molecule has 0 unspecified atom stereocenters. The van der Waals surface area contributed by atoms with Crippen molar-refractivity contribution < 1.29 is 0 Å². The minimum Gasteiger partial charge on any atom is -0.264 e. The predicted molar refractivity (Wildman–Crippen MR) is 61.0 cm³/mol. The van der Waals surface area contributed by atoms with Crippen LogP contribution in [0.2, 0.25) is 0 Å². The Labute approximate surface area is 91.0 Å². The molecule has 74 valence electrons. The summed E-state index contributed by atoms with van der Waals surface area (Å²) in [5, 5.41) is 4.27. The molecule has 3 aromatic rings. The molecule has 0 aromatic carbocycles. The van der Waals surface area contributed by atoms with Crippen molar-refractivity contribution in [2.45, 2.75) is 6.92 Å². The molecule has 0 amide bonds. The van der Waals surface area contributed by atoms with Gasteiger partial charge in [-0.15, -0.1) is 11.3 Å². The van der Waals surface area contributed by atoms with E-state index in [4.69, 9.17) is 0 Å². The van der Waals surface area contributed by atoms with Gasteiger partial charge in [0.2, 0.25) is 0 Å². The van der Waals surface area contributed by atoms with Crippen molar-refractivity contribution in [2.24, 2.45) is 0 Å². The zero-order valence-electron chi connectivity index (χ0n) is 8.21. The van der Waals surface area contributed by atoms with Crippen LogP contribution in [0.1, 0.15) is 5.56 Å². The number of nitrogens with zero attached hydrogens (tertiary/aromatic N) is 3. The first-order valence-corrected chi connectivity index (χ1v) is 5.50. The number of hydrogen-bond acceptors (Lipinski definition) is 3. The van der Waals surface area contributed by atoms with Crippen molar-refractivity contribution in [3.8, 4) is 10.4 Å². The smallest absolute Gasteiger partial charge is 0.122 e. The molecule has 0 aliphatic rings. The van der Waals surface area contributed by atoms with E-state index in [1.165, 1.54) is 15.3 Å². The third-order valence-electron chi connectivity index (χ3n) is 2.31. The van der Waals surface area contributed by atoms with Crippen molar-refractivity contribution >= 4 is 16.2 Å². The van der Waals surface area contributed by atoms with Crippen LogP contribution in [0.15, 0.2) is 36.9 Å². The van der Waals surface area contributed by atoms with E-state index in [1.807, 2.05) is 29.2 Å². The van der Waals surface area contributed by atoms with E-state index >= 15 is 0 Å². The van der Waals surface area contributed by atoms with Gasteiger partial charge in [0.1, 0.15) is 4.83 Å². The van der Waals surface area contributed by atoms with Crippen molar-refractivity contribution in [1.29, 1.82) is 0 Å². The Morgan fingerprint density at radius 1 is 1.33 bits per heavy atom. The Kier molecular flexibility index (Phi) is 1.82. The minimum atomic E-state index is 1.15. The van der Waals surface area contributed by atoms with Crippen molar-refractivity contribution in [3.63, 3.8) is 0 Å². The van der Waals surface area contributed by atoms with E-state index in [9.17, 15) is 0 Å². The van der Waals surface area contributed by atoms with Gasteiger partial charge in [0.25, 0.3) is 0 Å². The second-order valence-corrected chi connectivity index (χ2v) is 4.45. The first-order valence-electron chi connectivity index (χ1n) is 4.69. The minimum absolute atomic E-state index is 1.15. The van der Waals surface area contributed by atoms with Crippen LogP contribution < -0.4 is 0 Å². The third kappa shape index (κ3) is 1.34. The van der Waals surface area contributed by atoms with E-state index in [-0.39, 0.29) is 0 Å². The quantitative estimate of drug-likeness (QED) is 0.624. The lowest BCUT2D eigenvalue weighted by Crippen LogP contribution is -1.78. The van der Waals surface area contributed by atoms with Crippen LogP contribution >= 0.6 is 11.3 Å². The molecule has 0 atom stereocenters. The maximum atomic E-state index is 4.27. The fraction of sp³-hybridized carbons (Fsp3) is 0.0909. The van der Waals surface area contributed by atoms with E-state index in [1.54, 1.807) is 17.5 Å². The summed E-state index contributed by atoms with van der Waals surface area (Å²) in [6, 6.07) is 4.01. The third-order valence-corrected chi connectivity index (χ3v) is 3.58. The fourth-order valence-electron chi connectivity index (χ4n) is 1.54. The topological polar surface area (TPSA) is 30.2 Å². The molecular weight excluding hydrogens is 206 g/mol. The van der Waals surface area contributed by atoms with Crippen molar-refractivity contribution in [1.82, 2.24) is 14.6 Å². The monoisotopic (exact) mass is 215 g/mol. The van der Waals surface area contributed by atoms with Crippen molar-refractivity contribution in [3.05, 3.63) is 42.5 Å². The van der Waals surface area contributed by atoms with Gasteiger partial charge in [-0.25, -0.2) is 4.52 Å². The first-order chi connectivity index (χ1) is 7.34. The average Bonchev–Trinajstić information content (AvgIpc) is 2.83. The lowest BCUT2D eigenvalue weighted by molar-refractivity contribution is 0.978. The van der Waals surface area contributed by atoms with Gasteiger partial charge in [0, 0.05) is 29.7 Å². The molecule has 0 saturated heterocycles. The molecule has 15 heavy (non-hydrogen) atoms. The second kappa shape index (κ2) is 3.17. The zero-order valence-corrected chi connectivity index (χ0v) is 9.03. The van der Waals surface area contributed by atoms with Crippen LogP contribution in [0, 0.1) is 6.92 Å². The Balaban J connectivity index is 2.20. The number of aromatic nitrogens is 3. The van der Waals surface area contributed by atoms with Gasteiger partial charge in [0.15, 0.2) is 0 Å². The summed E-state index contributed by atoms with van der Waals surface area (Å²) in [6.45, 7) is 2.08. The maximum Gasteiger partial charge on any atom is 0.122 e. The van der Waals surface area contributed by atoms with Crippen LogP contribution in [0.25, 0.3) is 15.3 Å². The van der Waals surface area contributed by atoms with Gasteiger partial charge in [0.05, 0.1) is 11.1 Å². The summed E-state index contributed by atoms with van der Waals surface area (Å²) in [4.78, 5) is 6.52. The summed E-state index contributed by atoms with van der Waals surface area (Å²) in [6.07, 6.45) is 7.59. The van der Waals surface area contributed by atoms with E-state index < -0.39 is 0 Å². The molecule has 0 fully saturated rings. The molecule has 0 aliphatic carbocycles. The molecule has 0 aliphatic heterocycles. The molecule has 0 radical (unpaired) electrons. The van der Waals surface area contributed by atoms with Crippen LogP contribution in [0.5, 0.6) is 0 Å². The Bertz CT molecular complexity index is 595. The first kappa shape index (κ1) is 8.61. The predicted octanol–water partition coefficient (Wildman–Crippen LogP) is 2.77. The van der Waals surface area contributed by atoms with Gasteiger partial charge in [-0.1, -0.05) is 6.07 Å². The van der Waals surface area contributed by atoms with E-state index in [0.29, 0.717) is 0 Å². The Morgan fingerprint density at radius 3 is 3.00 bits per heavy atom. The number of pyridine rings is 1. The summed E-state index contributed by atoms with van der Waals surface area (Å²) in [5.74, 6) is 0. The normalized spacial score (nSPS) is 11.0. The molecular formula is C11H9N3S. The number of hydrogen-bond donors (Lipinski definition) is 0. The standard InChI is InChI=1S/C11H9N3S/c1-8-5-13-14-7-10(15-11(8)14)9-3-2-4-12-6-9/h2-7H,1H3. The molecule has 3 nitrogen and oxygen atoms in total. The lowest BCUT2D eigenvalue weighted by atomic mass is 10.3. The number of aryl methyl sites for hydroxylation is 1. The van der Waals surface area contributed by atoms with Crippen LogP contribution in [0.3, 0.4) is 0 Å². The molecule has 0 bridgehead atoms. The zero-order chi connectivity index (χ0) is 10.3. The average molecular weight is 215 g/mol. The molecule has 0 N–H and O–H groups in total. The molecule has 3 rings (SSSR count). The van der Waals surface area contributed by atoms with Gasteiger partial charge in [-0.05, 0) is 13.0 Å². The molecule has 0 saturated carbocycles. The highest BCUT2D eigenvalue weighted by Gasteiger charge is 2.06. The van der Waals surface area contributed by atoms with E-state index in [2.05, 4.69) is 23.1 Å².